The molecule has 1 fully saturated rings. The van der Waals surface area contributed by atoms with Gasteiger partial charge in [0.25, 0.3) is 5.91 Å². The Hall–Kier alpha value is -1.29. The minimum absolute atomic E-state index is 0.101. The first kappa shape index (κ1) is 14.1. The second kappa shape index (κ2) is 6.24. The number of nitrogens with one attached hydrogen (secondary N) is 1. The predicted molar refractivity (Wildman–Crippen MR) is 75.1 cm³/mol. The summed E-state index contributed by atoms with van der Waals surface area (Å²) in [5.74, 6) is 0.257. The Kier molecular flexibility index (Phi) is 4.64. The number of nitrogens with zero attached hydrogens (tertiary/aromatic N) is 1. The molecule has 0 aliphatic heterocycles. The van der Waals surface area contributed by atoms with Crippen LogP contribution in [0.1, 0.15) is 56.1 Å². The highest BCUT2D eigenvalue weighted by Crippen LogP contribution is 2.27. The van der Waals surface area contributed by atoms with Crippen molar-refractivity contribution in [2.24, 2.45) is 5.92 Å². The first-order valence-corrected chi connectivity index (χ1v) is 7.22. The molecular weight excluding hydrogens is 240 g/mol. The van der Waals surface area contributed by atoms with E-state index in [0.29, 0.717) is 18.2 Å². The van der Waals surface area contributed by atoms with Crippen LogP contribution < -0.4 is 5.32 Å². The third-order valence-corrected chi connectivity index (χ3v) is 3.98. The molecule has 2 rings (SSSR count). The maximum absolute atomic E-state index is 12.1. The number of rotatable bonds is 5. The van der Waals surface area contributed by atoms with E-state index in [1.54, 1.807) is 0 Å². The van der Waals surface area contributed by atoms with Crippen LogP contribution >= 0.6 is 0 Å². The van der Waals surface area contributed by atoms with Crippen LogP contribution in [0.3, 0.4) is 0 Å². The molecule has 106 valence electrons. The number of amides is 1. The van der Waals surface area contributed by atoms with Crippen LogP contribution in [0.2, 0.25) is 0 Å². The topological polar surface area (TPSA) is 54.3 Å². The van der Waals surface area contributed by atoms with Crippen molar-refractivity contribution in [3.05, 3.63) is 24.0 Å². The van der Waals surface area contributed by atoms with Gasteiger partial charge in [0.05, 0.1) is 6.10 Å². The molecular formula is C15H24N2O2. The van der Waals surface area contributed by atoms with Gasteiger partial charge in [-0.3, -0.25) is 4.79 Å². The smallest absolute Gasteiger partial charge is 0.268 e. The maximum atomic E-state index is 12.1. The summed E-state index contributed by atoms with van der Waals surface area (Å²) in [5.41, 5.74) is 0.661. The predicted octanol–water partition coefficient (Wildman–Crippen LogP) is 2.35. The lowest BCUT2D eigenvalue weighted by molar-refractivity contribution is 0.0832. The van der Waals surface area contributed by atoms with E-state index in [-0.39, 0.29) is 11.9 Å². The van der Waals surface area contributed by atoms with Crippen molar-refractivity contribution in [1.29, 1.82) is 0 Å². The molecule has 1 atom stereocenters. The molecule has 0 radical (unpaired) electrons. The van der Waals surface area contributed by atoms with E-state index >= 15 is 0 Å². The first-order chi connectivity index (χ1) is 9.09. The molecule has 19 heavy (non-hydrogen) atoms. The molecule has 4 heteroatoms. The van der Waals surface area contributed by atoms with E-state index in [1.807, 2.05) is 36.7 Å². The van der Waals surface area contributed by atoms with Crippen molar-refractivity contribution in [1.82, 2.24) is 9.88 Å². The molecule has 0 aromatic carbocycles. The summed E-state index contributed by atoms with van der Waals surface area (Å²) >= 11 is 0. The minimum atomic E-state index is -0.408. The number of aliphatic hydroxyl groups excluding tert-OH is 1. The summed E-state index contributed by atoms with van der Waals surface area (Å²) < 4.78 is 1.94. The number of carbonyl (C=O) groups excluding carboxylic acids is 1. The maximum Gasteiger partial charge on any atom is 0.268 e. The van der Waals surface area contributed by atoms with Gasteiger partial charge < -0.3 is 15.0 Å². The molecule has 1 unspecified atom stereocenters. The highest BCUT2D eigenvalue weighted by Gasteiger charge is 2.23. The molecule has 4 nitrogen and oxygen atoms in total. The lowest BCUT2D eigenvalue weighted by Crippen LogP contribution is -2.36. The van der Waals surface area contributed by atoms with Gasteiger partial charge in [-0.1, -0.05) is 12.8 Å². The van der Waals surface area contributed by atoms with Crippen LogP contribution in [-0.2, 0) is 0 Å². The lowest BCUT2D eigenvalue weighted by Gasteiger charge is -2.19. The Balaban J connectivity index is 1.88. The van der Waals surface area contributed by atoms with Crippen molar-refractivity contribution >= 4 is 5.91 Å². The molecule has 1 aliphatic carbocycles. The number of aliphatic hydroxyl groups is 1. The zero-order valence-electron chi connectivity index (χ0n) is 11.8. The molecule has 1 amide bonds. The fourth-order valence-corrected chi connectivity index (χ4v) is 2.83. The molecule has 0 bridgehead atoms. The molecule has 1 saturated carbocycles. The summed E-state index contributed by atoms with van der Waals surface area (Å²) in [4.78, 5) is 12.1. The van der Waals surface area contributed by atoms with Crippen molar-refractivity contribution in [3.63, 3.8) is 0 Å². The van der Waals surface area contributed by atoms with E-state index in [1.165, 1.54) is 12.8 Å². The summed E-state index contributed by atoms with van der Waals surface area (Å²) in [6, 6.07) is 3.95. The van der Waals surface area contributed by atoms with Gasteiger partial charge in [0.2, 0.25) is 0 Å². The van der Waals surface area contributed by atoms with Crippen LogP contribution in [0.25, 0.3) is 0 Å². The quantitative estimate of drug-likeness (QED) is 0.857. The van der Waals surface area contributed by atoms with Crippen molar-refractivity contribution in [2.45, 2.75) is 51.7 Å². The second-order valence-corrected chi connectivity index (χ2v) is 5.72. The van der Waals surface area contributed by atoms with Crippen molar-refractivity contribution in [3.8, 4) is 0 Å². The molecule has 1 aromatic rings. The molecule has 1 heterocycles. The highest BCUT2D eigenvalue weighted by molar-refractivity contribution is 5.92. The summed E-state index contributed by atoms with van der Waals surface area (Å²) in [6.45, 7) is 4.45. The monoisotopic (exact) mass is 264 g/mol. The molecule has 2 N–H and O–H groups in total. The van der Waals surface area contributed by atoms with Crippen LogP contribution in [-0.4, -0.2) is 28.2 Å². The van der Waals surface area contributed by atoms with Gasteiger partial charge in [-0.2, -0.15) is 0 Å². The lowest BCUT2D eigenvalue weighted by atomic mass is 10.0. The summed E-state index contributed by atoms with van der Waals surface area (Å²) in [6.07, 6.45) is 6.07. The van der Waals surface area contributed by atoms with E-state index in [2.05, 4.69) is 5.32 Å². The fraction of sp³-hybridized carbons (Fsp3) is 0.667. The van der Waals surface area contributed by atoms with Crippen LogP contribution in [0.4, 0.5) is 0 Å². The highest BCUT2D eigenvalue weighted by atomic mass is 16.3. The summed E-state index contributed by atoms with van der Waals surface area (Å²) in [5, 5.41) is 12.9. The van der Waals surface area contributed by atoms with E-state index < -0.39 is 6.10 Å². The zero-order chi connectivity index (χ0) is 13.8. The second-order valence-electron chi connectivity index (χ2n) is 5.72. The third-order valence-electron chi connectivity index (χ3n) is 3.98. The van der Waals surface area contributed by atoms with Gasteiger partial charge in [-0.05, 0) is 44.7 Å². The Labute approximate surface area is 114 Å². The Morgan fingerprint density at radius 2 is 2.16 bits per heavy atom. The largest absolute Gasteiger partial charge is 0.391 e. The van der Waals surface area contributed by atoms with Gasteiger partial charge in [0, 0.05) is 18.8 Å². The van der Waals surface area contributed by atoms with Crippen LogP contribution in [0.5, 0.6) is 0 Å². The normalized spacial score (nSPS) is 17.9. The Bertz CT molecular complexity index is 420. The van der Waals surface area contributed by atoms with Crippen molar-refractivity contribution in [2.75, 3.05) is 6.54 Å². The van der Waals surface area contributed by atoms with Gasteiger partial charge >= 0.3 is 0 Å². The van der Waals surface area contributed by atoms with Crippen molar-refractivity contribution < 1.29 is 9.90 Å². The van der Waals surface area contributed by atoms with Gasteiger partial charge in [-0.15, -0.1) is 0 Å². The van der Waals surface area contributed by atoms with E-state index in [4.69, 9.17) is 0 Å². The van der Waals surface area contributed by atoms with Gasteiger partial charge in [-0.25, -0.2) is 0 Å². The Morgan fingerprint density at radius 3 is 2.79 bits per heavy atom. The molecule has 1 aromatic heterocycles. The number of hydrogen-bond acceptors (Lipinski definition) is 2. The zero-order valence-corrected chi connectivity index (χ0v) is 11.8. The molecule has 1 aliphatic rings. The third kappa shape index (κ3) is 3.38. The fourth-order valence-electron chi connectivity index (χ4n) is 2.83. The standard InChI is InChI=1S/C15H24N2O2/c1-11(2)17-9-5-8-13(17)15(19)16-10-14(18)12-6-3-4-7-12/h5,8-9,11-12,14,18H,3-4,6-7,10H2,1-2H3,(H,16,19). The number of hydrogen-bond donors (Lipinski definition) is 2. The van der Waals surface area contributed by atoms with Gasteiger partial charge in [0.15, 0.2) is 0 Å². The average molecular weight is 264 g/mol. The van der Waals surface area contributed by atoms with E-state index in [9.17, 15) is 9.90 Å². The Morgan fingerprint density at radius 1 is 1.47 bits per heavy atom. The number of carbonyl (C=O) groups is 1. The first-order valence-electron chi connectivity index (χ1n) is 7.22. The van der Waals surface area contributed by atoms with Crippen LogP contribution in [0, 0.1) is 5.92 Å². The van der Waals surface area contributed by atoms with Gasteiger partial charge in [0.1, 0.15) is 5.69 Å². The average Bonchev–Trinajstić information content (AvgIpc) is 3.04. The number of aromatic nitrogens is 1. The SMILES string of the molecule is CC(C)n1cccc1C(=O)NCC(O)C1CCCC1. The molecule has 0 saturated heterocycles. The minimum Gasteiger partial charge on any atom is -0.391 e. The van der Waals surface area contributed by atoms with E-state index in [0.717, 1.165) is 12.8 Å². The summed E-state index contributed by atoms with van der Waals surface area (Å²) in [7, 11) is 0. The molecule has 0 spiro atoms. The van der Waals surface area contributed by atoms with Crippen LogP contribution in [0.15, 0.2) is 18.3 Å².